The average molecular weight is 452 g/mol. The Morgan fingerprint density at radius 3 is 2.42 bits per heavy atom. The van der Waals surface area contributed by atoms with Gasteiger partial charge in [-0.05, 0) is 36.6 Å². The Labute approximate surface area is 192 Å². The molecule has 3 aromatic rings. The van der Waals surface area contributed by atoms with Crippen LogP contribution in [0.1, 0.15) is 35.3 Å². The molecule has 0 saturated carbocycles. The number of fused-ring (bicyclic) bond motifs is 1. The number of amides is 3. The molecule has 0 bridgehead atoms. The first-order valence-corrected chi connectivity index (χ1v) is 10.7. The van der Waals surface area contributed by atoms with Gasteiger partial charge in [0.15, 0.2) is 11.5 Å². The van der Waals surface area contributed by atoms with Gasteiger partial charge < -0.3 is 31.2 Å². The first kappa shape index (κ1) is 23.6. The van der Waals surface area contributed by atoms with E-state index in [0.717, 1.165) is 16.8 Å². The number of ether oxygens (including phenoxy) is 2. The second-order valence-corrected chi connectivity index (χ2v) is 7.27. The molecule has 3 rings (SSSR count). The molecule has 33 heavy (non-hydrogen) atoms. The van der Waals surface area contributed by atoms with Crippen molar-refractivity contribution in [2.45, 2.75) is 26.8 Å². The SMILES string of the molecule is CCNC(=O)NCc1cccc(Nc2c(C(N)=O)cnc3cc(OC)c(OC)cc23)c1CC. The minimum Gasteiger partial charge on any atom is -0.493 e. The Balaban J connectivity index is 2.09. The van der Waals surface area contributed by atoms with Gasteiger partial charge in [0.25, 0.3) is 5.91 Å². The smallest absolute Gasteiger partial charge is 0.315 e. The van der Waals surface area contributed by atoms with E-state index in [2.05, 4.69) is 20.9 Å². The molecule has 0 aliphatic heterocycles. The molecule has 174 valence electrons. The summed E-state index contributed by atoms with van der Waals surface area (Å²) in [6, 6.07) is 9.07. The molecular formula is C24H29N5O4. The molecule has 1 aromatic heterocycles. The van der Waals surface area contributed by atoms with Gasteiger partial charge >= 0.3 is 6.03 Å². The van der Waals surface area contributed by atoms with Gasteiger partial charge in [-0.25, -0.2) is 4.79 Å². The third-order valence-corrected chi connectivity index (χ3v) is 5.30. The summed E-state index contributed by atoms with van der Waals surface area (Å²) in [5.74, 6) is 0.434. The maximum absolute atomic E-state index is 12.2. The number of rotatable bonds is 9. The second kappa shape index (κ2) is 10.5. The summed E-state index contributed by atoms with van der Waals surface area (Å²) in [5, 5.41) is 9.64. The Kier molecular flexibility index (Phi) is 7.55. The molecule has 0 spiro atoms. The standard InChI is InChI=1S/C24H29N5O4/c1-5-15-14(12-28-24(31)26-6-2)8-7-9-18(15)29-22-16-10-20(32-3)21(33-4)11-19(16)27-13-17(22)23(25)30/h7-11,13H,5-6,12H2,1-4H3,(H2,25,30)(H,27,29)(H2,26,28,31). The van der Waals surface area contributed by atoms with Crippen LogP contribution >= 0.6 is 0 Å². The second-order valence-electron chi connectivity index (χ2n) is 7.27. The number of nitrogens with zero attached hydrogens (tertiary/aromatic N) is 1. The highest BCUT2D eigenvalue weighted by atomic mass is 16.5. The van der Waals surface area contributed by atoms with Gasteiger partial charge in [0.05, 0.1) is 31.0 Å². The van der Waals surface area contributed by atoms with E-state index in [1.807, 2.05) is 32.0 Å². The molecule has 9 nitrogen and oxygen atoms in total. The van der Waals surface area contributed by atoms with Crippen molar-refractivity contribution in [3.8, 4) is 11.5 Å². The lowest BCUT2D eigenvalue weighted by molar-refractivity contribution is 0.100. The van der Waals surface area contributed by atoms with E-state index in [4.69, 9.17) is 15.2 Å². The molecule has 9 heteroatoms. The third kappa shape index (κ3) is 5.08. The Bertz CT molecular complexity index is 1180. The number of primary amides is 1. The maximum Gasteiger partial charge on any atom is 0.315 e. The number of nitrogens with two attached hydrogens (primary N) is 1. The summed E-state index contributed by atoms with van der Waals surface area (Å²) in [6.07, 6.45) is 2.16. The van der Waals surface area contributed by atoms with E-state index >= 15 is 0 Å². The van der Waals surface area contributed by atoms with Gasteiger partial charge in [0.2, 0.25) is 0 Å². The third-order valence-electron chi connectivity index (χ3n) is 5.30. The van der Waals surface area contributed by atoms with Gasteiger partial charge in [-0.2, -0.15) is 0 Å². The molecule has 5 N–H and O–H groups in total. The molecule has 0 aliphatic carbocycles. The van der Waals surface area contributed by atoms with Crippen LogP contribution in [0.2, 0.25) is 0 Å². The lowest BCUT2D eigenvalue weighted by Crippen LogP contribution is -2.34. The van der Waals surface area contributed by atoms with E-state index in [0.29, 0.717) is 47.6 Å². The summed E-state index contributed by atoms with van der Waals surface area (Å²) in [5.41, 5.74) is 9.84. The van der Waals surface area contributed by atoms with Crippen molar-refractivity contribution in [2.24, 2.45) is 5.73 Å². The van der Waals surface area contributed by atoms with Gasteiger partial charge in [-0.3, -0.25) is 9.78 Å². The predicted molar refractivity (Wildman–Crippen MR) is 128 cm³/mol. The average Bonchev–Trinajstić information content (AvgIpc) is 2.82. The van der Waals surface area contributed by atoms with Crippen molar-refractivity contribution >= 4 is 34.2 Å². The molecule has 1 heterocycles. The fraction of sp³-hybridized carbons (Fsp3) is 0.292. The van der Waals surface area contributed by atoms with E-state index < -0.39 is 5.91 Å². The van der Waals surface area contributed by atoms with Crippen molar-refractivity contribution in [2.75, 3.05) is 26.1 Å². The lowest BCUT2D eigenvalue weighted by atomic mass is 10.0. The normalized spacial score (nSPS) is 10.5. The summed E-state index contributed by atoms with van der Waals surface area (Å²) in [6.45, 7) is 4.81. The van der Waals surface area contributed by atoms with Crippen LogP contribution in [0.5, 0.6) is 11.5 Å². The highest BCUT2D eigenvalue weighted by Crippen LogP contribution is 2.37. The topological polar surface area (TPSA) is 128 Å². The molecule has 0 saturated heterocycles. The first-order valence-electron chi connectivity index (χ1n) is 10.7. The van der Waals surface area contributed by atoms with Crippen LogP contribution in [-0.2, 0) is 13.0 Å². The molecule has 0 aliphatic rings. The van der Waals surface area contributed by atoms with E-state index in [1.54, 1.807) is 26.4 Å². The maximum atomic E-state index is 12.2. The summed E-state index contributed by atoms with van der Waals surface area (Å²) in [4.78, 5) is 28.5. The summed E-state index contributed by atoms with van der Waals surface area (Å²) in [7, 11) is 3.09. The minimum atomic E-state index is -0.603. The van der Waals surface area contributed by atoms with Gasteiger partial charge in [0.1, 0.15) is 0 Å². The Hall–Kier alpha value is -4.01. The van der Waals surface area contributed by atoms with Crippen molar-refractivity contribution in [1.82, 2.24) is 15.6 Å². The molecule has 0 radical (unpaired) electrons. The fourth-order valence-electron chi connectivity index (χ4n) is 3.71. The van der Waals surface area contributed by atoms with Crippen molar-refractivity contribution in [3.05, 3.63) is 53.2 Å². The monoisotopic (exact) mass is 451 g/mol. The zero-order chi connectivity index (χ0) is 24.0. The fourth-order valence-corrected chi connectivity index (χ4v) is 3.71. The van der Waals surface area contributed by atoms with Crippen LogP contribution in [0.25, 0.3) is 10.9 Å². The number of carbonyl (C=O) groups excluding carboxylic acids is 2. The number of hydrogen-bond donors (Lipinski definition) is 4. The molecular weight excluding hydrogens is 422 g/mol. The largest absolute Gasteiger partial charge is 0.493 e. The van der Waals surface area contributed by atoms with Crippen LogP contribution in [0.3, 0.4) is 0 Å². The van der Waals surface area contributed by atoms with Crippen molar-refractivity contribution in [3.63, 3.8) is 0 Å². The number of carbonyl (C=O) groups is 2. The summed E-state index contributed by atoms with van der Waals surface area (Å²) >= 11 is 0. The highest BCUT2D eigenvalue weighted by Gasteiger charge is 2.18. The minimum absolute atomic E-state index is 0.227. The van der Waals surface area contributed by atoms with E-state index in [9.17, 15) is 9.59 Å². The highest BCUT2D eigenvalue weighted by molar-refractivity contribution is 6.08. The number of pyridine rings is 1. The zero-order valence-electron chi connectivity index (χ0n) is 19.2. The van der Waals surface area contributed by atoms with Crippen LogP contribution in [0.4, 0.5) is 16.2 Å². The van der Waals surface area contributed by atoms with Crippen molar-refractivity contribution in [1.29, 1.82) is 0 Å². The quantitative estimate of drug-likeness (QED) is 0.394. The first-order chi connectivity index (χ1) is 15.9. The van der Waals surface area contributed by atoms with E-state index in [1.165, 1.54) is 6.20 Å². The molecule has 0 atom stereocenters. The van der Waals surface area contributed by atoms with Gasteiger partial charge in [0, 0.05) is 36.4 Å². The Morgan fingerprint density at radius 2 is 1.79 bits per heavy atom. The number of benzene rings is 2. The predicted octanol–water partition coefficient (Wildman–Crippen LogP) is 3.48. The Morgan fingerprint density at radius 1 is 1.06 bits per heavy atom. The summed E-state index contributed by atoms with van der Waals surface area (Å²) < 4.78 is 10.8. The number of methoxy groups -OCH3 is 2. The van der Waals surface area contributed by atoms with E-state index in [-0.39, 0.29) is 11.6 Å². The zero-order valence-corrected chi connectivity index (χ0v) is 19.2. The number of hydrogen-bond acceptors (Lipinski definition) is 6. The van der Waals surface area contributed by atoms with Crippen LogP contribution in [0.15, 0.2) is 36.5 Å². The number of nitrogens with one attached hydrogen (secondary N) is 3. The molecule has 0 fully saturated rings. The van der Waals surface area contributed by atoms with Gasteiger partial charge in [-0.15, -0.1) is 0 Å². The van der Waals surface area contributed by atoms with Gasteiger partial charge in [-0.1, -0.05) is 19.1 Å². The van der Waals surface area contributed by atoms with Crippen LogP contribution < -0.4 is 31.2 Å². The number of anilines is 2. The molecule has 0 unspecified atom stereocenters. The lowest BCUT2D eigenvalue weighted by Gasteiger charge is -2.19. The molecule has 3 amide bonds. The number of urea groups is 1. The molecule has 2 aromatic carbocycles. The van der Waals surface area contributed by atoms with Crippen LogP contribution in [-0.4, -0.2) is 37.7 Å². The van der Waals surface area contributed by atoms with Crippen LogP contribution in [0, 0.1) is 0 Å². The van der Waals surface area contributed by atoms with Crippen molar-refractivity contribution < 1.29 is 19.1 Å². The number of aromatic nitrogens is 1.